The largest absolute Gasteiger partial charge is 0.467 e. The summed E-state index contributed by atoms with van der Waals surface area (Å²) in [6.07, 6.45) is -2.01. The number of rotatable bonds is 3. The van der Waals surface area contributed by atoms with Crippen molar-refractivity contribution < 1.29 is 33.4 Å². The zero-order chi connectivity index (χ0) is 20.2. The molecule has 1 aliphatic heterocycles. The van der Waals surface area contributed by atoms with E-state index < -0.39 is 35.8 Å². The van der Waals surface area contributed by atoms with E-state index in [4.69, 9.17) is 9.47 Å². The fourth-order valence-electron chi connectivity index (χ4n) is 2.38. The number of carbonyl (C=O) groups is 4. The molecule has 1 aliphatic rings. The molecule has 1 aromatic rings. The molecule has 0 aromatic heterocycles. The Bertz CT molecular complexity index is 727. The van der Waals surface area contributed by atoms with Crippen LogP contribution in [0.1, 0.15) is 26.3 Å². The molecule has 2 rings (SSSR count). The van der Waals surface area contributed by atoms with Gasteiger partial charge in [-0.3, -0.25) is 0 Å². The van der Waals surface area contributed by atoms with Crippen LogP contribution in [0.4, 0.5) is 14.4 Å². The second-order valence-electron chi connectivity index (χ2n) is 6.82. The van der Waals surface area contributed by atoms with Gasteiger partial charge in [0.05, 0.1) is 13.7 Å². The van der Waals surface area contributed by atoms with Gasteiger partial charge in [0, 0.05) is 0 Å². The Hall–Kier alpha value is -3.10. The van der Waals surface area contributed by atoms with Crippen molar-refractivity contribution in [2.75, 3.05) is 13.7 Å². The number of esters is 1. The zero-order valence-corrected chi connectivity index (χ0v) is 15.6. The molecule has 146 valence electrons. The highest BCUT2D eigenvalue weighted by Gasteiger charge is 2.50. The van der Waals surface area contributed by atoms with E-state index in [1.807, 2.05) is 0 Å². The van der Waals surface area contributed by atoms with Crippen molar-refractivity contribution in [1.82, 2.24) is 9.80 Å². The monoisotopic (exact) mass is 378 g/mol. The lowest BCUT2D eigenvalue weighted by Crippen LogP contribution is -2.45. The molecule has 27 heavy (non-hydrogen) atoms. The van der Waals surface area contributed by atoms with Crippen LogP contribution in [0.25, 0.3) is 0 Å². The van der Waals surface area contributed by atoms with Crippen molar-refractivity contribution in [2.24, 2.45) is 0 Å². The fraction of sp³-hybridized carbons (Fsp3) is 0.444. The molecule has 1 heterocycles. The number of ether oxygens (including phenoxy) is 3. The van der Waals surface area contributed by atoms with Crippen molar-refractivity contribution in [2.45, 2.75) is 39.0 Å². The Labute approximate surface area is 156 Å². The van der Waals surface area contributed by atoms with E-state index in [1.54, 1.807) is 51.1 Å². The summed E-state index contributed by atoms with van der Waals surface area (Å²) < 4.78 is 14.9. The summed E-state index contributed by atoms with van der Waals surface area (Å²) in [5.74, 6) is -0.842. The number of benzene rings is 1. The zero-order valence-electron chi connectivity index (χ0n) is 15.6. The Kier molecular flexibility index (Phi) is 6.04. The van der Waals surface area contributed by atoms with Gasteiger partial charge >= 0.3 is 24.2 Å². The summed E-state index contributed by atoms with van der Waals surface area (Å²) in [7, 11) is 1.12. The highest BCUT2D eigenvalue weighted by Crippen LogP contribution is 2.22. The molecule has 9 heteroatoms. The highest BCUT2D eigenvalue weighted by molar-refractivity contribution is 6.04. The number of methoxy groups -OCH3 is 1. The second-order valence-corrected chi connectivity index (χ2v) is 6.82. The maximum absolute atomic E-state index is 12.6. The first kappa shape index (κ1) is 20.2. The van der Waals surface area contributed by atoms with E-state index in [9.17, 15) is 19.2 Å². The van der Waals surface area contributed by atoms with Crippen LogP contribution in [0, 0.1) is 0 Å². The Morgan fingerprint density at radius 1 is 1.11 bits per heavy atom. The molecule has 0 aliphatic carbocycles. The van der Waals surface area contributed by atoms with Crippen LogP contribution in [0.3, 0.4) is 0 Å². The summed E-state index contributed by atoms with van der Waals surface area (Å²) in [6.45, 7) is 4.43. The quantitative estimate of drug-likeness (QED) is 0.588. The molecule has 1 atom stereocenters. The van der Waals surface area contributed by atoms with Gasteiger partial charge in [0.1, 0.15) is 12.2 Å². The van der Waals surface area contributed by atoms with Gasteiger partial charge in [0.2, 0.25) is 0 Å². The summed E-state index contributed by atoms with van der Waals surface area (Å²) in [5.41, 5.74) is -0.143. The molecule has 1 fully saturated rings. The van der Waals surface area contributed by atoms with E-state index in [-0.39, 0.29) is 13.2 Å². The second kappa shape index (κ2) is 8.07. The summed E-state index contributed by atoms with van der Waals surface area (Å²) in [6, 6.07) is 6.52. The minimum atomic E-state index is -1.31. The van der Waals surface area contributed by atoms with Crippen molar-refractivity contribution >= 4 is 24.2 Å². The van der Waals surface area contributed by atoms with Crippen LogP contribution >= 0.6 is 0 Å². The first-order valence-electron chi connectivity index (χ1n) is 8.26. The molecular formula is C18H22N2O7. The normalized spacial score (nSPS) is 16.9. The fourth-order valence-corrected chi connectivity index (χ4v) is 2.38. The molecule has 1 saturated heterocycles. The number of imide groups is 2. The maximum Gasteiger partial charge on any atom is 0.419 e. The number of hydrogen-bond donors (Lipinski definition) is 0. The van der Waals surface area contributed by atoms with E-state index in [0.717, 1.165) is 7.11 Å². The van der Waals surface area contributed by atoms with Crippen LogP contribution in [0.5, 0.6) is 0 Å². The first-order chi connectivity index (χ1) is 12.6. The molecule has 0 unspecified atom stereocenters. The van der Waals surface area contributed by atoms with Gasteiger partial charge < -0.3 is 14.2 Å². The number of amides is 4. The van der Waals surface area contributed by atoms with Gasteiger partial charge in [-0.25, -0.2) is 29.0 Å². The van der Waals surface area contributed by atoms with Crippen LogP contribution in [0.15, 0.2) is 30.3 Å². The van der Waals surface area contributed by atoms with Gasteiger partial charge in [-0.2, -0.15) is 0 Å². The number of hydrogen-bond acceptors (Lipinski definition) is 7. The number of carbonyl (C=O) groups excluding carboxylic acids is 4. The van der Waals surface area contributed by atoms with Crippen LogP contribution < -0.4 is 0 Å². The van der Waals surface area contributed by atoms with E-state index in [1.165, 1.54) is 0 Å². The topological polar surface area (TPSA) is 102 Å². The first-order valence-corrected chi connectivity index (χ1v) is 8.26. The van der Waals surface area contributed by atoms with Crippen LogP contribution in [-0.2, 0) is 25.6 Å². The van der Waals surface area contributed by atoms with Gasteiger partial charge in [-0.05, 0) is 26.3 Å². The standard InChI is InChI=1S/C18H22N2O7/c1-18(2,3)27-16(23)19-10-13(14(21)25-4)20(15(19)22)17(24)26-11-12-8-6-5-7-9-12/h5-9,13H,10-11H2,1-4H3/t13-/m0/s1. The molecule has 0 radical (unpaired) electrons. The van der Waals surface area contributed by atoms with Gasteiger partial charge in [0.15, 0.2) is 6.04 Å². The third-order valence-electron chi connectivity index (χ3n) is 3.59. The Balaban J connectivity index is 2.15. The van der Waals surface area contributed by atoms with Crippen molar-refractivity contribution in [3.8, 4) is 0 Å². The molecule has 4 amide bonds. The van der Waals surface area contributed by atoms with Gasteiger partial charge in [-0.15, -0.1) is 0 Å². The average Bonchev–Trinajstić information content (AvgIpc) is 2.96. The molecule has 0 saturated carbocycles. The third kappa shape index (κ3) is 4.96. The van der Waals surface area contributed by atoms with E-state index in [0.29, 0.717) is 15.4 Å². The lowest BCUT2D eigenvalue weighted by Gasteiger charge is -2.23. The number of urea groups is 1. The van der Waals surface area contributed by atoms with Gasteiger partial charge in [0.25, 0.3) is 0 Å². The highest BCUT2D eigenvalue weighted by atomic mass is 16.6. The summed E-state index contributed by atoms with van der Waals surface area (Å²) in [4.78, 5) is 50.4. The molecular weight excluding hydrogens is 356 g/mol. The van der Waals surface area contributed by atoms with Crippen LogP contribution in [0.2, 0.25) is 0 Å². The molecule has 0 bridgehead atoms. The van der Waals surface area contributed by atoms with Crippen LogP contribution in [-0.4, -0.2) is 59.3 Å². The van der Waals surface area contributed by atoms with Crippen molar-refractivity contribution in [3.05, 3.63) is 35.9 Å². The lowest BCUT2D eigenvalue weighted by molar-refractivity contribution is -0.144. The smallest absolute Gasteiger partial charge is 0.419 e. The lowest BCUT2D eigenvalue weighted by atomic mass is 10.2. The van der Waals surface area contributed by atoms with Crippen molar-refractivity contribution in [1.29, 1.82) is 0 Å². The summed E-state index contributed by atoms with van der Waals surface area (Å²) >= 11 is 0. The Morgan fingerprint density at radius 2 is 1.74 bits per heavy atom. The maximum atomic E-state index is 12.6. The van der Waals surface area contributed by atoms with E-state index in [2.05, 4.69) is 4.74 Å². The molecule has 1 aromatic carbocycles. The minimum Gasteiger partial charge on any atom is -0.467 e. The average molecular weight is 378 g/mol. The predicted molar refractivity (Wildman–Crippen MR) is 92.6 cm³/mol. The predicted octanol–water partition coefficient (Wildman–Crippen LogP) is 2.54. The molecule has 0 spiro atoms. The SMILES string of the molecule is COC(=O)[C@@H]1CN(C(=O)OC(C)(C)C)C(=O)N1C(=O)OCc1ccccc1. The molecule has 0 N–H and O–H groups in total. The molecule has 9 nitrogen and oxygen atoms in total. The van der Waals surface area contributed by atoms with E-state index >= 15 is 0 Å². The minimum absolute atomic E-state index is 0.0935. The summed E-state index contributed by atoms with van der Waals surface area (Å²) in [5, 5.41) is 0. The Morgan fingerprint density at radius 3 is 2.30 bits per heavy atom. The number of nitrogens with zero attached hydrogens (tertiary/aromatic N) is 2. The third-order valence-corrected chi connectivity index (χ3v) is 3.59. The van der Waals surface area contributed by atoms with Gasteiger partial charge in [-0.1, -0.05) is 30.3 Å². The van der Waals surface area contributed by atoms with Crippen molar-refractivity contribution in [3.63, 3.8) is 0 Å².